The first-order valence-electron chi connectivity index (χ1n) is 8.10. The summed E-state index contributed by atoms with van der Waals surface area (Å²) in [5.41, 5.74) is 0. The molecule has 0 bridgehead atoms. The Morgan fingerprint density at radius 1 is 0.667 bits per heavy atom. The third-order valence-corrected chi connectivity index (χ3v) is 12.6. The molecule has 0 atom stereocenters. The molecule has 0 spiro atoms. The second kappa shape index (κ2) is 9.32. The molecule has 0 fully saturated rings. The molecule has 0 aliphatic heterocycles. The van der Waals surface area contributed by atoms with Gasteiger partial charge in [0.25, 0.3) is 0 Å². The Bertz CT molecular complexity index is 524. The van der Waals surface area contributed by atoms with Gasteiger partial charge in [0.15, 0.2) is 0 Å². The van der Waals surface area contributed by atoms with Gasteiger partial charge in [0.05, 0.1) is 0 Å². The molecule has 0 saturated carbocycles. The third-order valence-electron chi connectivity index (χ3n) is 4.57. The minimum Gasteiger partial charge on any atom is -1.00 e. The van der Waals surface area contributed by atoms with Crippen molar-refractivity contribution in [2.24, 2.45) is 0 Å². The minimum atomic E-state index is -1.64. The standard InChI is InChI=1S/C18H30Si3.2ClH.Hf/c1-19(2,3)15-11-9-13-17(15)21(7,8)18-14-10-12-16(18)20(4,5)6;;;/h11-12H,9-10H2,1-8H3;2*1H;/q-2;;;+4/p-2. The van der Waals surface area contributed by atoms with Gasteiger partial charge in [0.2, 0.25) is 0 Å². The van der Waals surface area contributed by atoms with Crippen LogP contribution in [0.2, 0.25) is 52.4 Å². The molecule has 24 heavy (non-hydrogen) atoms. The maximum atomic E-state index is 3.75. The smallest absolute Gasteiger partial charge is 1.00 e. The predicted molar refractivity (Wildman–Crippen MR) is 103 cm³/mol. The molecule has 0 N–H and O–H groups in total. The summed E-state index contributed by atoms with van der Waals surface area (Å²) in [5, 5.41) is 6.57. The van der Waals surface area contributed by atoms with Crippen LogP contribution in [0.5, 0.6) is 0 Å². The Hall–Kier alpha value is 1.06. The summed E-state index contributed by atoms with van der Waals surface area (Å²) in [6, 6.07) is 0. The van der Waals surface area contributed by atoms with E-state index < -0.39 is 24.2 Å². The number of hydrogen-bond acceptors (Lipinski definition) is 0. The van der Waals surface area contributed by atoms with Gasteiger partial charge < -0.3 is 24.8 Å². The molecule has 0 radical (unpaired) electrons. The Labute approximate surface area is 184 Å². The van der Waals surface area contributed by atoms with Crippen LogP contribution < -0.4 is 24.8 Å². The van der Waals surface area contributed by atoms with Gasteiger partial charge in [-0.1, -0.05) is 52.4 Å². The van der Waals surface area contributed by atoms with E-state index in [4.69, 9.17) is 0 Å². The summed E-state index contributed by atoms with van der Waals surface area (Å²) in [4.78, 5) is 0. The molecular weight excluding hydrogens is 550 g/mol. The topological polar surface area (TPSA) is 0 Å². The zero-order valence-corrected chi connectivity index (χ0v) is 24.4. The number of rotatable bonds is 4. The predicted octanol–water partition coefficient (Wildman–Crippen LogP) is -0.347. The number of allylic oxidation sites excluding steroid dienone is 8. The fourth-order valence-electron chi connectivity index (χ4n) is 3.51. The van der Waals surface area contributed by atoms with Gasteiger partial charge in [-0.15, -0.1) is 12.8 Å². The largest absolute Gasteiger partial charge is 4.00 e. The van der Waals surface area contributed by atoms with E-state index in [2.05, 4.69) is 76.7 Å². The first-order valence-corrected chi connectivity index (χ1v) is 18.1. The number of hydrogen-bond donors (Lipinski definition) is 0. The van der Waals surface area contributed by atoms with Crippen molar-refractivity contribution in [3.8, 4) is 0 Å². The van der Waals surface area contributed by atoms with Crippen LogP contribution in [0.4, 0.5) is 0 Å². The summed E-state index contributed by atoms with van der Waals surface area (Å²) < 4.78 is 0. The molecular formula is C18H30Cl2HfSi3. The molecule has 0 aromatic heterocycles. The van der Waals surface area contributed by atoms with E-state index in [-0.39, 0.29) is 50.7 Å². The van der Waals surface area contributed by atoms with Crippen molar-refractivity contribution in [2.45, 2.75) is 65.2 Å². The molecule has 0 amide bonds. The Balaban J connectivity index is 0. The average Bonchev–Trinajstić information content (AvgIpc) is 2.97. The molecule has 0 saturated heterocycles. The molecule has 6 heteroatoms. The van der Waals surface area contributed by atoms with E-state index in [9.17, 15) is 0 Å². The Kier molecular flexibility index (Phi) is 10.6. The summed E-state index contributed by atoms with van der Waals surface area (Å²) in [6.45, 7) is 19.9. The van der Waals surface area contributed by atoms with E-state index in [1.54, 1.807) is 20.8 Å². The molecule has 0 unspecified atom stereocenters. The van der Waals surface area contributed by atoms with E-state index in [0.717, 1.165) is 12.8 Å². The van der Waals surface area contributed by atoms with Crippen LogP contribution in [-0.4, -0.2) is 24.2 Å². The SMILES string of the molecule is C[Si](C)(C)C1=CC[C-]=C1[Si](C)(C)C1=[C-]CC=C1[Si](C)(C)C.[Cl-].[Cl-].[Hf+4]. The molecule has 0 nitrogen and oxygen atoms in total. The van der Waals surface area contributed by atoms with E-state index >= 15 is 0 Å². The van der Waals surface area contributed by atoms with Crippen LogP contribution in [0.25, 0.3) is 0 Å². The van der Waals surface area contributed by atoms with E-state index in [1.807, 2.05) is 0 Å². The van der Waals surface area contributed by atoms with Crippen LogP contribution in [0.1, 0.15) is 12.8 Å². The van der Waals surface area contributed by atoms with Gasteiger partial charge in [-0.2, -0.15) is 12.2 Å². The van der Waals surface area contributed by atoms with Crippen molar-refractivity contribution in [1.82, 2.24) is 0 Å². The Morgan fingerprint density at radius 2 is 0.958 bits per heavy atom. The van der Waals surface area contributed by atoms with Crippen LogP contribution in [0.3, 0.4) is 0 Å². The number of halogens is 2. The quantitative estimate of drug-likeness (QED) is 0.316. The molecule has 0 heterocycles. The fraction of sp³-hybridized carbons (Fsp3) is 0.556. The summed E-state index contributed by atoms with van der Waals surface area (Å²) in [7, 11) is -4.18. The molecule has 0 aromatic rings. The maximum Gasteiger partial charge on any atom is 4.00 e. The van der Waals surface area contributed by atoms with Crippen LogP contribution in [0.15, 0.2) is 32.9 Å². The van der Waals surface area contributed by atoms with Crippen molar-refractivity contribution in [2.75, 3.05) is 0 Å². The van der Waals surface area contributed by atoms with Crippen molar-refractivity contribution in [1.29, 1.82) is 0 Å². The molecule has 2 rings (SSSR count). The van der Waals surface area contributed by atoms with Gasteiger partial charge in [0.1, 0.15) is 0 Å². The van der Waals surface area contributed by atoms with Gasteiger partial charge in [-0.25, -0.2) is 20.8 Å². The van der Waals surface area contributed by atoms with E-state index in [0.29, 0.717) is 0 Å². The van der Waals surface area contributed by atoms with Crippen molar-refractivity contribution in [3.05, 3.63) is 45.1 Å². The van der Waals surface area contributed by atoms with Gasteiger partial charge in [-0.3, -0.25) is 12.2 Å². The molecule has 132 valence electrons. The normalized spacial score (nSPS) is 17.7. The minimum absolute atomic E-state index is 0. The van der Waals surface area contributed by atoms with Crippen molar-refractivity contribution < 1.29 is 50.7 Å². The Morgan fingerprint density at radius 3 is 1.21 bits per heavy atom. The average molecular weight is 580 g/mol. The van der Waals surface area contributed by atoms with Gasteiger partial charge in [-0.05, 0) is 16.1 Å². The zero-order valence-electron chi connectivity index (χ0n) is 16.3. The van der Waals surface area contributed by atoms with Crippen LogP contribution in [0, 0.1) is 12.2 Å². The summed E-state index contributed by atoms with van der Waals surface area (Å²) in [6.07, 6.45) is 14.5. The van der Waals surface area contributed by atoms with Gasteiger partial charge in [0, 0.05) is 8.07 Å². The van der Waals surface area contributed by atoms with Crippen molar-refractivity contribution in [3.63, 3.8) is 0 Å². The molecule has 0 aromatic carbocycles. The first-order chi connectivity index (χ1) is 9.45. The third kappa shape index (κ3) is 5.53. The maximum absolute atomic E-state index is 3.75. The second-order valence-corrected chi connectivity index (χ2v) is 23.2. The fourth-order valence-corrected chi connectivity index (χ4v) is 13.6. The summed E-state index contributed by atoms with van der Waals surface area (Å²) >= 11 is 0. The molecule has 2 aliphatic carbocycles. The van der Waals surface area contributed by atoms with Crippen LogP contribution in [-0.2, 0) is 25.8 Å². The van der Waals surface area contributed by atoms with Crippen molar-refractivity contribution >= 4 is 24.2 Å². The summed E-state index contributed by atoms with van der Waals surface area (Å²) in [5.74, 6) is 0. The molecule has 2 aliphatic rings. The zero-order chi connectivity index (χ0) is 16.1. The monoisotopic (exact) mass is 580 g/mol. The first kappa shape index (κ1) is 27.3. The van der Waals surface area contributed by atoms with E-state index in [1.165, 1.54) is 0 Å². The second-order valence-electron chi connectivity index (χ2n) is 8.87. The van der Waals surface area contributed by atoms with Gasteiger partial charge >= 0.3 is 25.8 Å². The van der Waals surface area contributed by atoms with Crippen LogP contribution >= 0.6 is 0 Å².